The van der Waals surface area contributed by atoms with Crippen LogP contribution < -0.4 is 5.56 Å². The molecule has 0 aromatic carbocycles. The molecule has 5 heteroatoms. The molecular weight excluding hydrogens is 212 g/mol. The minimum atomic E-state index is -0.239. The van der Waals surface area contributed by atoms with Crippen LogP contribution in [-0.4, -0.2) is 10.2 Å². The summed E-state index contributed by atoms with van der Waals surface area (Å²) < 4.78 is 5.62. The summed E-state index contributed by atoms with van der Waals surface area (Å²) in [5.41, 5.74) is 0.248. The van der Waals surface area contributed by atoms with Crippen LogP contribution in [0.15, 0.2) is 26.1 Å². The van der Waals surface area contributed by atoms with Crippen LogP contribution in [0.4, 0.5) is 0 Å². The molecule has 4 nitrogen and oxygen atoms in total. The van der Waals surface area contributed by atoms with E-state index in [-0.39, 0.29) is 5.56 Å². The van der Waals surface area contributed by atoms with Gasteiger partial charge < -0.3 is 4.42 Å². The van der Waals surface area contributed by atoms with Crippen molar-refractivity contribution >= 4 is 26.9 Å². The molecule has 0 aliphatic carbocycles. The smallest absolute Gasteiger partial charge is 0.275 e. The average molecular weight is 215 g/mol. The topological polar surface area (TPSA) is 58.9 Å². The number of nitrogens with one attached hydrogen (secondary N) is 1. The van der Waals surface area contributed by atoms with Gasteiger partial charge in [0.2, 0.25) is 0 Å². The van der Waals surface area contributed by atoms with Gasteiger partial charge in [-0.05, 0) is 15.9 Å². The zero-order valence-electron chi connectivity index (χ0n) is 5.30. The van der Waals surface area contributed by atoms with Crippen molar-refractivity contribution in [2.75, 3.05) is 0 Å². The maximum absolute atomic E-state index is 11.0. The number of aromatic amines is 1. The van der Waals surface area contributed by atoms with Gasteiger partial charge in [-0.2, -0.15) is 5.10 Å². The number of hydrogen-bond acceptors (Lipinski definition) is 3. The lowest BCUT2D eigenvalue weighted by atomic mass is 10.4. The second-order valence-corrected chi connectivity index (χ2v) is 2.81. The molecule has 56 valence electrons. The standard InChI is InChI=1S/C6H3BrN2O2/c7-5-1-3-4(11-5)2-8-9-6(3)10/h1-2H,(H,9,10). The van der Waals surface area contributed by atoms with Crippen molar-refractivity contribution in [3.05, 3.63) is 27.3 Å². The molecule has 0 saturated carbocycles. The molecule has 0 fully saturated rings. The lowest BCUT2D eigenvalue weighted by molar-refractivity contribution is 0.585. The van der Waals surface area contributed by atoms with E-state index in [1.165, 1.54) is 6.20 Å². The summed E-state index contributed by atoms with van der Waals surface area (Å²) in [4.78, 5) is 11.0. The first kappa shape index (κ1) is 6.60. The van der Waals surface area contributed by atoms with Crippen molar-refractivity contribution in [1.29, 1.82) is 0 Å². The van der Waals surface area contributed by atoms with E-state index >= 15 is 0 Å². The number of furan rings is 1. The van der Waals surface area contributed by atoms with E-state index in [0.717, 1.165) is 0 Å². The molecule has 0 spiro atoms. The zero-order chi connectivity index (χ0) is 7.84. The number of fused-ring (bicyclic) bond motifs is 1. The molecule has 0 atom stereocenters. The Kier molecular flexibility index (Phi) is 1.32. The van der Waals surface area contributed by atoms with Gasteiger partial charge in [0.15, 0.2) is 10.3 Å². The molecule has 2 rings (SSSR count). The third kappa shape index (κ3) is 0.970. The van der Waals surface area contributed by atoms with Crippen LogP contribution >= 0.6 is 15.9 Å². The number of halogens is 1. The van der Waals surface area contributed by atoms with Crippen LogP contribution in [0.2, 0.25) is 0 Å². The first-order valence-corrected chi connectivity index (χ1v) is 3.69. The number of rotatable bonds is 0. The second-order valence-electron chi connectivity index (χ2n) is 2.03. The predicted octanol–water partition coefficient (Wildman–Crippen LogP) is 1.28. The van der Waals surface area contributed by atoms with Gasteiger partial charge in [-0.1, -0.05) is 0 Å². The fraction of sp³-hybridized carbons (Fsp3) is 0. The fourth-order valence-electron chi connectivity index (χ4n) is 0.857. The van der Waals surface area contributed by atoms with Crippen LogP contribution in [0, 0.1) is 0 Å². The van der Waals surface area contributed by atoms with E-state index in [9.17, 15) is 4.79 Å². The number of nitrogens with zero attached hydrogens (tertiary/aromatic N) is 1. The quantitative estimate of drug-likeness (QED) is 0.719. The van der Waals surface area contributed by atoms with Crippen LogP contribution in [0.3, 0.4) is 0 Å². The summed E-state index contributed by atoms with van der Waals surface area (Å²) in [6.45, 7) is 0. The van der Waals surface area contributed by atoms with Crippen LogP contribution in [0.1, 0.15) is 0 Å². The van der Waals surface area contributed by atoms with E-state index in [1.807, 2.05) is 0 Å². The van der Waals surface area contributed by atoms with E-state index in [0.29, 0.717) is 15.6 Å². The van der Waals surface area contributed by atoms with Crippen molar-refractivity contribution in [1.82, 2.24) is 10.2 Å². The fourth-order valence-corrected chi connectivity index (χ4v) is 1.26. The summed E-state index contributed by atoms with van der Waals surface area (Å²) in [6, 6.07) is 1.61. The Balaban J connectivity index is 3.02. The van der Waals surface area contributed by atoms with Gasteiger partial charge in [0.1, 0.15) is 0 Å². The van der Waals surface area contributed by atoms with E-state index in [1.54, 1.807) is 6.07 Å². The Bertz CT molecular complexity index is 445. The lowest BCUT2D eigenvalue weighted by Crippen LogP contribution is -2.05. The number of H-pyrrole nitrogens is 1. The van der Waals surface area contributed by atoms with Gasteiger partial charge in [0, 0.05) is 6.07 Å². The van der Waals surface area contributed by atoms with E-state index in [4.69, 9.17) is 4.42 Å². The van der Waals surface area contributed by atoms with Crippen molar-refractivity contribution in [2.24, 2.45) is 0 Å². The molecule has 11 heavy (non-hydrogen) atoms. The van der Waals surface area contributed by atoms with E-state index in [2.05, 4.69) is 26.1 Å². The molecular formula is C6H3BrN2O2. The van der Waals surface area contributed by atoms with Crippen LogP contribution in [0.25, 0.3) is 11.0 Å². The summed E-state index contributed by atoms with van der Waals surface area (Å²) in [5, 5.41) is 6.38. The highest BCUT2D eigenvalue weighted by Gasteiger charge is 2.03. The summed E-state index contributed by atoms with van der Waals surface area (Å²) in [7, 11) is 0. The maximum Gasteiger partial charge on any atom is 0.275 e. The molecule has 2 aromatic rings. The molecule has 0 bridgehead atoms. The molecule has 0 aliphatic heterocycles. The van der Waals surface area contributed by atoms with Crippen LogP contribution in [0.5, 0.6) is 0 Å². The summed E-state index contributed by atoms with van der Waals surface area (Å²) in [6.07, 6.45) is 1.46. The normalized spacial score (nSPS) is 10.6. The Morgan fingerprint density at radius 1 is 1.64 bits per heavy atom. The largest absolute Gasteiger partial charge is 0.447 e. The first-order valence-electron chi connectivity index (χ1n) is 2.90. The SMILES string of the molecule is O=c1[nH]ncc2oc(Br)cc12. The first-order chi connectivity index (χ1) is 5.27. The van der Waals surface area contributed by atoms with E-state index < -0.39 is 0 Å². The molecule has 2 heterocycles. The molecule has 1 N–H and O–H groups in total. The van der Waals surface area contributed by atoms with Gasteiger partial charge in [-0.15, -0.1) is 0 Å². The lowest BCUT2D eigenvalue weighted by Gasteiger charge is -1.81. The minimum absolute atomic E-state index is 0.239. The highest BCUT2D eigenvalue weighted by molar-refractivity contribution is 9.10. The highest BCUT2D eigenvalue weighted by atomic mass is 79.9. The molecule has 0 saturated heterocycles. The van der Waals surface area contributed by atoms with Crippen molar-refractivity contribution in [3.8, 4) is 0 Å². The Labute approximate surface area is 69.3 Å². The average Bonchev–Trinajstić information content (AvgIpc) is 2.31. The Morgan fingerprint density at radius 2 is 2.45 bits per heavy atom. The second kappa shape index (κ2) is 2.20. The third-order valence-electron chi connectivity index (χ3n) is 1.32. The minimum Gasteiger partial charge on any atom is -0.447 e. The van der Waals surface area contributed by atoms with Crippen LogP contribution in [-0.2, 0) is 0 Å². The molecule has 0 unspecified atom stereocenters. The molecule has 0 aliphatic rings. The monoisotopic (exact) mass is 214 g/mol. The van der Waals surface area contributed by atoms with Crippen molar-refractivity contribution < 1.29 is 4.42 Å². The molecule has 0 radical (unpaired) electrons. The number of aromatic nitrogens is 2. The Hall–Kier alpha value is -1.10. The Morgan fingerprint density at radius 3 is 3.18 bits per heavy atom. The maximum atomic E-state index is 11.0. The van der Waals surface area contributed by atoms with Crippen molar-refractivity contribution in [2.45, 2.75) is 0 Å². The molecule has 2 aromatic heterocycles. The molecule has 0 amide bonds. The zero-order valence-corrected chi connectivity index (χ0v) is 6.88. The third-order valence-corrected chi connectivity index (χ3v) is 1.71. The van der Waals surface area contributed by atoms with Gasteiger partial charge in [0.25, 0.3) is 5.56 Å². The summed E-state index contributed by atoms with van der Waals surface area (Å²) >= 11 is 3.11. The number of hydrogen-bond donors (Lipinski definition) is 1. The summed E-state index contributed by atoms with van der Waals surface area (Å²) in [5.74, 6) is 0. The van der Waals surface area contributed by atoms with Crippen molar-refractivity contribution in [3.63, 3.8) is 0 Å². The van der Waals surface area contributed by atoms with Gasteiger partial charge in [-0.3, -0.25) is 4.79 Å². The van der Waals surface area contributed by atoms with Gasteiger partial charge in [-0.25, -0.2) is 5.10 Å². The van der Waals surface area contributed by atoms with Gasteiger partial charge >= 0.3 is 0 Å². The predicted molar refractivity (Wildman–Crippen MR) is 42.3 cm³/mol. The van der Waals surface area contributed by atoms with Gasteiger partial charge in [0.05, 0.1) is 11.6 Å². The highest BCUT2D eigenvalue weighted by Crippen LogP contribution is 2.18.